The molecule has 0 bridgehead atoms. The maximum Gasteiger partial charge on any atom is 0.231 e. The molecule has 2 aromatic rings. The molecule has 2 N–H and O–H groups in total. The number of piperazine rings is 1. The second kappa shape index (κ2) is 6.02. The maximum absolute atomic E-state index is 5.46. The first-order chi connectivity index (χ1) is 10.9. The molecule has 0 atom stereocenters. The largest absolute Gasteiger partial charge is 0.463 e. The van der Waals surface area contributed by atoms with Crippen molar-refractivity contribution < 1.29 is 23.7 Å². The van der Waals surface area contributed by atoms with Gasteiger partial charge in [0.25, 0.3) is 0 Å². The number of rotatable bonds is 4. The van der Waals surface area contributed by atoms with E-state index in [1.807, 2.05) is 12.1 Å². The number of hydrogen-bond acceptors (Lipinski definition) is 3. The van der Waals surface area contributed by atoms with Gasteiger partial charge in [-0.15, -0.1) is 0 Å². The Kier molecular flexibility index (Phi) is 3.74. The summed E-state index contributed by atoms with van der Waals surface area (Å²) in [5.74, 6) is 2.85. The van der Waals surface area contributed by atoms with Gasteiger partial charge in [0.2, 0.25) is 6.79 Å². The van der Waals surface area contributed by atoms with Gasteiger partial charge in [0.1, 0.15) is 39.3 Å². The average Bonchev–Trinajstić information content (AvgIpc) is 3.20. The highest BCUT2D eigenvalue weighted by molar-refractivity contribution is 5.44. The Morgan fingerprint density at radius 2 is 1.64 bits per heavy atom. The molecule has 116 valence electrons. The first-order valence-electron chi connectivity index (χ1n) is 7.95. The first-order valence-corrected chi connectivity index (χ1v) is 7.95. The van der Waals surface area contributed by atoms with Crippen LogP contribution in [0.25, 0.3) is 0 Å². The standard InChI is InChI=1S/C17H20N2O3/c1-2-15(20-9-1)12-19-7-5-18(6-8-19)11-14-3-4-16-17(10-14)22-13-21-16/h1-4,9-10H,5-8,11-13H2/p+2. The molecule has 2 aliphatic rings. The fraction of sp³-hybridized carbons (Fsp3) is 0.412. The van der Waals surface area contributed by atoms with Crippen molar-refractivity contribution in [3.63, 3.8) is 0 Å². The molecule has 3 heterocycles. The molecule has 1 fully saturated rings. The topological polar surface area (TPSA) is 40.5 Å². The minimum Gasteiger partial charge on any atom is -0.463 e. The van der Waals surface area contributed by atoms with Crippen LogP contribution in [0.15, 0.2) is 41.0 Å². The van der Waals surface area contributed by atoms with E-state index >= 15 is 0 Å². The van der Waals surface area contributed by atoms with Gasteiger partial charge in [-0.2, -0.15) is 0 Å². The van der Waals surface area contributed by atoms with Gasteiger partial charge in [-0.3, -0.25) is 0 Å². The van der Waals surface area contributed by atoms with E-state index in [2.05, 4.69) is 18.2 Å². The van der Waals surface area contributed by atoms with Gasteiger partial charge >= 0.3 is 0 Å². The normalized spacial score (nSPS) is 23.6. The molecular weight excluding hydrogens is 280 g/mol. The highest BCUT2D eigenvalue weighted by Gasteiger charge is 2.24. The zero-order valence-corrected chi connectivity index (χ0v) is 12.6. The van der Waals surface area contributed by atoms with Crippen LogP contribution < -0.4 is 19.3 Å². The summed E-state index contributed by atoms with van der Waals surface area (Å²) >= 11 is 0. The van der Waals surface area contributed by atoms with E-state index in [1.165, 1.54) is 31.7 Å². The second-order valence-electron chi connectivity index (χ2n) is 6.12. The molecule has 0 unspecified atom stereocenters. The SMILES string of the molecule is c1coc(C[NH+]2CC[NH+](Cc3ccc4c(c3)OCO4)CC2)c1. The van der Waals surface area contributed by atoms with Crippen LogP contribution in [-0.2, 0) is 13.1 Å². The molecule has 0 saturated carbocycles. The van der Waals surface area contributed by atoms with Crippen molar-refractivity contribution in [1.82, 2.24) is 0 Å². The average molecular weight is 302 g/mol. The summed E-state index contributed by atoms with van der Waals surface area (Å²) in [5, 5.41) is 0. The van der Waals surface area contributed by atoms with Crippen molar-refractivity contribution in [2.75, 3.05) is 33.0 Å². The predicted octanol–water partition coefficient (Wildman–Crippen LogP) is -0.508. The quantitative estimate of drug-likeness (QED) is 0.799. The van der Waals surface area contributed by atoms with E-state index in [9.17, 15) is 0 Å². The Morgan fingerprint density at radius 3 is 2.41 bits per heavy atom. The number of nitrogens with one attached hydrogen (secondary N) is 2. The zero-order valence-electron chi connectivity index (χ0n) is 12.6. The number of furan rings is 1. The number of ether oxygens (including phenoxy) is 2. The molecule has 5 nitrogen and oxygen atoms in total. The lowest BCUT2D eigenvalue weighted by Gasteiger charge is -2.29. The third-order valence-electron chi connectivity index (χ3n) is 4.56. The Bertz CT molecular complexity index is 619. The van der Waals surface area contributed by atoms with E-state index in [0.29, 0.717) is 6.79 Å². The predicted molar refractivity (Wildman–Crippen MR) is 80.1 cm³/mol. The summed E-state index contributed by atoms with van der Waals surface area (Å²) < 4.78 is 16.3. The molecule has 4 rings (SSSR count). The second-order valence-corrected chi connectivity index (χ2v) is 6.12. The molecule has 0 spiro atoms. The van der Waals surface area contributed by atoms with Crippen molar-refractivity contribution in [2.24, 2.45) is 0 Å². The lowest BCUT2D eigenvalue weighted by molar-refractivity contribution is -1.02. The fourth-order valence-corrected chi connectivity index (χ4v) is 3.31. The molecule has 2 aliphatic heterocycles. The Labute approximate surface area is 130 Å². The van der Waals surface area contributed by atoms with Gasteiger partial charge in [0.05, 0.1) is 6.26 Å². The maximum atomic E-state index is 5.46. The van der Waals surface area contributed by atoms with Crippen LogP contribution in [0.5, 0.6) is 11.5 Å². The molecule has 22 heavy (non-hydrogen) atoms. The van der Waals surface area contributed by atoms with Crippen molar-refractivity contribution in [3.8, 4) is 11.5 Å². The van der Waals surface area contributed by atoms with E-state index in [4.69, 9.17) is 13.9 Å². The summed E-state index contributed by atoms with van der Waals surface area (Å²) in [6.45, 7) is 7.20. The van der Waals surface area contributed by atoms with E-state index in [-0.39, 0.29) is 0 Å². The number of fused-ring (bicyclic) bond motifs is 1. The minimum absolute atomic E-state index is 0.348. The van der Waals surface area contributed by atoms with Crippen LogP contribution in [0.2, 0.25) is 0 Å². The van der Waals surface area contributed by atoms with Gasteiger partial charge in [0, 0.05) is 5.56 Å². The third kappa shape index (κ3) is 2.96. The Hall–Kier alpha value is -1.98. The van der Waals surface area contributed by atoms with Crippen LogP contribution >= 0.6 is 0 Å². The fourth-order valence-electron chi connectivity index (χ4n) is 3.31. The van der Waals surface area contributed by atoms with Gasteiger partial charge in [-0.1, -0.05) is 0 Å². The molecule has 1 aromatic carbocycles. The monoisotopic (exact) mass is 302 g/mol. The van der Waals surface area contributed by atoms with Crippen LogP contribution in [0.4, 0.5) is 0 Å². The molecule has 0 aliphatic carbocycles. The minimum atomic E-state index is 0.348. The van der Waals surface area contributed by atoms with E-state index < -0.39 is 0 Å². The third-order valence-corrected chi connectivity index (χ3v) is 4.56. The number of hydrogen-bond donors (Lipinski definition) is 2. The molecule has 0 radical (unpaired) electrons. The molecule has 1 saturated heterocycles. The van der Waals surface area contributed by atoms with Gasteiger partial charge < -0.3 is 23.7 Å². The van der Waals surface area contributed by atoms with E-state index in [1.54, 1.807) is 16.1 Å². The van der Waals surface area contributed by atoms with Crippen molar-refractivity contribution in [1.29, 1.82) is 0 Å². The smallest absolute Gasteiger partial charge is 0.231 e. The van der Waals surface area contributed by atoms with Crippen molar-refractivity contribution in [2.45, 2.75) is 13.1 Å². The summed E-state index contributed by atoms with van der Waals surface area (Å²) in [6, 6.07) is 10.3. The Morgan fingerprint density at radius 1 is 0.864 bits per heavy atom. The van der Waals surface area contributed by atoms with Crippen LogP contribution in [0, 0.1) is 0 Å². The zero-order chi connectivity index (χ0) is 14.8. The summed E-state index contributed by atoms with van der Waals surface area (Å²) in [6.07, 6.45) is 1.76. The van der Waals surface area contributed by atoms with E-state index in [0.717, 1.165) is 30.3 Å². The van der Waals surface area contributed by atoms with Gasteiger partial charge in [0.15, 0.2) is 17.3 Å². The summed E-state index contributed by atoms with van der Waals surface area (Å²) in [7, 11) is 0. The number of quaternary nitrogens is 2. The van der Waals surface area contributed by atoms with Crippen LogP contribution in [0.3, 0.4) is 0 Å². The molecule has 1 aromatic heterocycles. The van der Waals surface area contributed by atoms with Gasteiger partial charge in [-0.05, 0) is 30.3 Å². The highest BCUT2D eigenvalue weighted by atomic mass is 16.7. The summed E-state index contributed by atoms with van der Waals surface area (Å²) in [5.41, 5.74) is 1.33. The lowest BCUT2D eigenvalue weighted by Crippen LogP contribution is -3.27. The summed E-state index contributed by atoms with van der Waals surface area (Å²) in [4.78, 5) is 3.26. The lowest BCUT2D eigenvalue weighted by atomic mass is 10.1. The first kappa shape index (κ1) is 13.7. The van der Waals surface area contributed by atoms with Crippen molar-refractivity contribution >= 4 is 0 Å². The number of benzene rings is 1. The molecular formula is C17H22N2O3+2. The highest BCUT2D eigenvalue weighted by Crippen LogP contribution is 2.32. The molecule has 5 heteroatoms. The van der Waals surface area contributed by atoms with Crippen LogP contribution in [-0.4, -0.2) is 33.0 Å². The van der Waals surface area contributed by atoms with Crippen LogP contribution in [0.1, 0.15) is 11.3 Å². The molecule has 0 amide bonds. The van der Waals surface area contributed by atoms with Crippen molar-refractivity contribution in [3.05, 3.63) is 47.9 Å². The van der Waals surface area contributed by atoms with Gasteiger partial charge in [-0.25, -0.2) is 0 Å². The Balaban J connectivity index is 1.30.